The Labute approximate surface area is 144 Å². The fraction of sp³-hybridized carbons (Fsp3) is 0.222. The Bertz CT molecular complexity index is 884. The van der Waals surface area contributed by atoms with Gasteiger partial charge >= 0.3 is 5.69 Å². The van der Waals surface area contributed by atoms with Crippen LogP contribution in [0.4, 0.5) is 0 Å². The first kappa shape index (κ1) is 16.6. The summed E-state index contributed by atoms with van der Waals surface area (Å²) in [6.45, 7) is 0.825. The summed E-state index contributed by atoms with van der Waals surface area (Å²) in [6, 6.07) is 9.28. The van der Waals surface area contributed by atoms with Crippen LogP contribution in [-0.4, -0.2) is 28.8 Å². The Morgan fingerprint density at radius 1 is 1.08 bits per heavy atom. The SMILES string of the molecule is COc1ccc(COc2ccc(Cn3cc[nH]c3=O)cc2OC)cn1. The van der Waals surface area contributed by atoms with Gasteiger partial charge in [0.05, 0.1) is 20.8 Å². The molecule has 130 valence electrons. The van der Waals surface area contributed by atoms with Crippen molar-refractivity contribution in [3.8, 4) is 17.4 Å². The normalized spacial score (nSPS) is 10.5. The van der Waals surface area contributed by atoms with Crippen molar-refractivity contribution in [2.24, 2.45) is 0 Å². The number of nitrogens with one attached hydrogen (secondary N) is 1. The number of nitrogens with zero attached hydrogens (tertiary/aromatic N) is 2. The molecule has 2 heterocycles. The van der Waals surface area contributed by atoms with Crippen molar-refractivity contribution in [1.82, 2.24) is 14.5 Å². The van der Waals surface area contributed by atoms with E-state index in [1.807, 2.05) is 24.3 Å². The molecule has 0 fully saturated rings. The van der Waals surface area contributed by atoms with E-state index in [0.29, 0.717) is 30.5 Å². The summed E-state index contributed by atoms with van der Waals surface area (Å²) < 4.78 is 17.8. The molecule has 7 heteroatoms. The maximum atomic E-state index is 11.6. The topological polar surface area (TPSA) is 78.4 Å². The van der Waals surface area contributed by atoms with Gasteiger partial charge in [-0.2, -0.15) is 0 Å². The highest BCUT2D eigenvalue weighted by molar-refractivity contribution is 5.43. The Balaban J connectivity index is 1.70. The predicted octanol–water partition coefficient (Wildman–Crippen LogP) is 2.22. The second kappa shape index (κ2) is 7.57. The lowest BCUT2D eigenvalue weighted by molar-refractivity contribution is 0.283. The van der Waals surface area contributed by atoms with Crippen LogP contribution in [0.3, 0.4) is 0 Å². The highest BCUT2D eigenvalue weighted by Crippen LogP contribution is 2.29. The zero-order valence-electron chi connectivity index (χ0n) is 14.1. The lowest BCUT2D eigenvalue weighted by Gasteiger charge is -2.12. The Morgan fingerprint density at radius 2 is 1.92 bits per heavy atom. The number of pyridine rings is 1. The van der Waals surface area contributed by atoms with Crippen LogP contribution in [0.25, 0.3) is 0 Å². The predicted molar refractivity (Wildman–Crippen MR) is 92.3 cm³/mol. The second-order valence-electron chi connectivity index (χ2n) is 5.38. The summed E-state index contributed by atoms with van der Waals surface area (Å²) in [7, 11) is 3.16. The zero-order chi connectivity index (χ0) is 17.6. The lowest BCUT2D eigenvalue weighted by atomic mass is 10.2. The minimum atomic E-state index is -0.147. The molecule has 0 saturated carbocycles. The highest BCUT2D eigenvalue weighted by atomic mass is 16.5. The van der Waals surface area contributed by atoms with E-state index in [0.717, 1.165) is 11.1 Å². The van der Waals surface area contributed by atoms with Gasteiger partial charge in [-0.1, -0.05) is 6.07 Å². The molecule has 1 N–H and O–H groups in total. The van der Waals surface area contributed by atoms with Gasteiger partial charge in [-0.25, -0.2) is 9.78 Å². The Hall–Kier alpha value is -3.22. The third-order valence-electron chi connectivity index (χ3n) is 3.70. The van der Waals surface area contributed by atoms with Crippen LogP contribution < -0.4 is 19.9 Å². The molecule has 0 aliphatic rings. The molecule has 2 aromatic heterocycles. The average Bonchev–Trinajstić information content (AvgIpc) is 3.05. The van der Waals surface area contributed by atoms with E-state index in [1.54, 1.807) is 43.4 Å². The number of H-pyrrole nitrogens is 1. The minimum absolute atomic E-state index is 0.147. The van der Waals surface area contributed by atoms with Crippen LogP contribution in [0, 0.1) is 0 Å². The molecule has 1 aromatic carbocycles. The number of rotatable bonds is 7. The van der Waals surface area contributed by atoms with Crippen LogP contribution in [-0.2, 0) is 13.2 Å². The first-order valence-electron chi connectivity index (χ1n) is 7.72. The van der Waals surface area contributed by atoms with Crippen LogP contribution in [0.15, 0.2) is 53.7 Å². The Morgan fingerprint density at radius 3 is 2.56 bits per heavy atom. The quantitative estimate of drug-likeness (QED) is 0.713. The molecular weight excluding hydrogens is 322 g/mol. The molecule has 3 rings (SSSR count). The van der Waals surface area contributed by atoms with E-state index < -0.39 is 0 Å². The van der Waals surface area contributed by atoms with Gasteiger partial charge in [0.2, 0.25) is 5.88 Å². The standard InChI is InChI=1S/C18H19N3O4/c1-23-16-9-13(11-21-8-7-19-18(21)22)3-5-15(16)25-12-14-4-6-17(24-2)20-10-14/h3-10H,11-12H2,1-2H3,(H,19,22). The van der Waals surface area contributed by atoms with Gasteiger partial charge in [0.1, 0.15) is 6.61 Å². The summed E-state index contributed by atoms with van der Waals surface area (Å²) in [5, 5.41) is 0. The third-order valence-corrected chi connectivity index (χ3v) is 3.70. The second-order valence-corrected chi connectivity index (χ2v) is 5.38. The van der Waals surface area contributed by atoms with Crippen molar-refractivity contribution in [1.29, 1.82) is 0 Å². The molecule has 0 radical (unpaired) electrons. The summed E-state index contributed by atoms with van der Waals surface area (Å²) in [6.07, 6.45) is 5.02. The Kier molecular flexibility index (Phi) is 5.03. The van der Waals surface area contributed by atoms with Crippen molar-refractivity contribution in [2.45, 2.75) is 13.2 Å². The van der Waals surface area contributed by atoms with E-state index in [-0.39, 0.29) is 5.69 Å². The first-order valence-corrected chi connectivity index (χ1v) is 7.72. The summed E-state index contributed by atoms with van der Waals surface area (Å²) in [4.78, 5) is 18.3. The molecule has 7 nitrogen and oxygen atoms in total. The van der Waals surface area contributed by atoms with Gasteiger partial charge in [-0.15, -0.1) is 0 Å². The largest absolute Gasteiger partial charge is 0.493 e. The molecule has 0 saturated heterocycles. The number of imidazole rings is 1. The number of aromatic nitrogens is 3. The van der Waals surface area contributed by atoms with Crippen LogP contribution >= 0.6 is 0 Å². The molecule has 0 amide bonds. The summed E-state index contributed by atoms with van der Waals surface area (Å²) in [5.74, 6) is 1.80. The lowest BCUT2D eigenvalue weighted by Crippen LogP contribution is -2.16. The van der Waals surface area contributed by atoms with Gasteiger partial charge in [0.25, 0.3) is 0 Å². The van der Waals surface area contributed by atoms with Crippen molar-refractivity contribution in [3.63, 3.8) is 0 Å². The third kappa shape index (κ3) is 4.00. The van der Waals surface area contributed by atoms with Crippen molar-refractivity contribution in [3.05, 3.63) is 70.5 Å². The fourth-order valence-electron chi connectivity index (χ4n) is 2.38. The van der Waals surface area contributed by atoms with Crippen LogP contribution in [0.2, 0.25) is 0 Å². The first-order chi connectivity index (χ1) is 12.2. The summed E-state index contributed by atoms with van der Waals surface area (Å²) >= 11 is 0. The monoisotopic (exact) mass is 341 g/mol. The van der Waals surface area contributed by atoms with E-state index in [9.17, 15) is 4.79 Å². The molecule has 0 atom stereocenters. The van der Waals surface area contributed by atoms with Gasteiger partial charge in [-0.3, -0.25) is 4.57 Å². The smallest absolute Gasteiger partial charge is 0.325 e. The zero-order valence-corrected chi connectivity index (χ0v) is 14.1. The van der Waals surface area contributed by atoms with E-state index >= 15 is 0 Å². The van der Waals surface area contributed by atoms with Crippen LogP contribution in [0.1, 0.15) is 11.1 Å². The number of aromatic amines is 1. The van der Waals surface area contributed by atoms with Gasteiger partial charge in [-0.05, 0) is 23.8 Å². The molecule has 0 unspecified atom stereocenters. The van der Waals surface area contributed by atoms with Crippen molar-refractivity contribution < 1.29 is 14.2 Å². The van der Waals surface area contributed by atoms with Gasteiger partial charge < -0.3 is 19.2 Å². The highest BCUT2D eigenvalue weighted by Gasteiger charge is 2.08. The average molecular weight is 341 g/mol. The number of benzene rings is 1. The number of hydrogen-bond acceptors (Lipinski definition) is 5. The molecule has 0 aliphatic carbocycles. The molecule has 25 heavy (non-hydrogen) atoms. The van der Waals surface area contributed by atoms with Crippen molar-refractivity contribution in [2.75, 3.05) is 14.2 Å². The van der Waals surface area contributed by atoms with E-state index in [2.05, 4.69) is 9.97 Å². The molecule has 3 aromatic rings. The maximum Gasteiger partial charge on any atom is 0.325 e. The number of methoxy groups -OCH3 is 2. The minimum Gasteiger partial charge on any atom is -0.493 e. The fourth-order valence-corrected chi connectivity index (χ4v) is 2.38. The maximum absolute atomic E-state index is 11.6. The number of ether oxygens (including phenoxy) is 3. The summed E-state index contributed by atoms with van der Waals surface area (Å²) in [5.41, 5.74) is 1.72. The molecular formula is C18H19N3O4. The molecule has 0 aliphatic heterocycles. The van der Waals surface area contributed by atoms with E-state index in [1.165, 1.54) is 0 Å². The van der Waals surface area contributed by atoms with Gasteiger partial charge in [0.15, 0.2) is 11.5 Å². The molecule has 0 bridgehead atoms. The van der Waals surface area contributed by atoms with Crippen molar-refractivity contribution >= 4 is 0 Å². The molecule has 0 spiro atoms. The van der Waals surface area contributed by atoms with E-state index in [4.69, 9.17) is 14.2 Å². The number of hydrogen-bond donors (Lipinski definition) is 1. The van der Waals surface area contributed by atoms with Crippen LogP contribution in [0.5, 0.6) is 17.4 Å². The van der Waals surface area contributed by atoms with Gasteiger partial charge in [0, 0.05) is 30.2 Å².